The first kappa shape index (κ1) is 41.6. The second-order valence-electron chi connectivity index (χ2n) is 12.6. The highest BCUT2D eigenvalue weighted by Gasteiger charge is 2.35. The lowest BCUT2D eigenvalue weighted by Crippen LogP contribution is -2.45. The number of rotatable bonds is 7. The Kier molecular flexibility index (Phi) is 16.8. The van der Waals surface area contributed by atoms with Crippen molar-refractivity contribution >= 4 is 29.2 Å². The number of benzodiazepines with no additional fused rings is 1. The second-order valence-corrected chi connectivity index (χ2v) is 12.6. The SMILES string of the molecule is C1CCC1.CC.Cc1cccc2c1NC(=O)C(NC(=O)C(CCC(F)(F)F)CC(=O)OC(C)(C)C)N=C2c1cccc(F)c1.c1ccccc1. The van der Waals surface area contributed by atoms with Crippen molar-refractivity contribution in [3.63, 3.8) is 0 Å². The molecule has 5 rings (SSSR count). The Morgan fingerprint density at radius 2 is 1.48 bits per heavy atom. The molecule has 1 heterocycles. The van der Waals surface area contributed by atoms with Gasteiger partial charge in [-0.1, -0.05) is 106 Å². The monoisotopic (exact) mass is 699 g/mol. The van der Waals surface area contributed by atoms with Crippen molar-refractivity contribution in [1.82, 2.24) is 5.32 Å². The summed E-state index contributed by atoms with van der Waals surface area (Å²) in [6, 6.07) is 22.6. The van der Waals surface area contributed by atoms with Crippen molar-refractivity contribution in [2.45, 2.75) is 104 Å². The number of nitrogens with one attached hydrogen (secondary N) is 2. The number of esters is 1. The standard InChI is InChI=1S/C27H29F4N3O4.C6H6.C4H8.C2H6/c1-15-7-5-10-19-21(15)33-25(37)23(32-22(19)16-8-6-9-18(28)13-16)34-24(36)17(11-12-27(29,30)31)14-20(35)38-26(2,3)4;1-2-4-6-5-3-1;1-2-4-3-1;1-2/h5-10,13,17,23H,11-12,14H2,1-4H3,(H,33,37)(H,34,36);1-6H;1-4H2;1-2H3. The Hall–Kier alpha value is -4.54. The number of alkyl halides is 3. The molecule has 2 atom stereocenters. The molecule has 2 aliphatic rings. The third-order valence-electron chi connectivity index (χ3n) is 7.31. The molecule has 3 aromatic carbocycles. The fourth-order valence-corrected chi connectivity index (χ4v) is 4.58. The Morgan fingerprint density at radius 3 is 1.98 bits per heavy atom. The van der Waals surface area contributed by atoms with E-state index in [1.807, 2.05) is 50.2 Å². The lowest BCUT2D eigenvalue weighted by Gasteiger charge is -2.23. The van der Waals surface area contributed by atoms with E-state index >= 15 is 0 Å². The van der Waals surface area contributed by atoms with Crippen LogP contribution < -0.4 is 10.6 Å². The van der Waals surface area contributed by atoms with Crippen molar-refractivity contribution in [3.05, 3.63) is 101 Å². The van der Waals surface area contributed by atoms with Gasteiger partial charge in [0.15, 0.2) is 0 Å². The number of fused-ring (bicyclic) bond motifs is 1. The molecule has 0 bridgehead atoms. The van der Waals surface area contributed by atoms with E-state index in [9.17, 15) is 31.9 Å². The predicted molar refractivity (Wildman–Crippen MR) is 189 cm³/mol. The van der Waals surface area contributed by atoms with E-state index in [1.165, 1.54) is 43.9 Å². The molecule has 0 radical (unpaired) electrons. The summed E-state index contributed by atoms with van der Waals surface area (Å²) in [5.41, 5.74) is 1.18. The number of hydrogen-bond acceptors (Lipinski definition) is 5. The van der Waals surface area contributed by atoms with Gasteiger partial charge in [-0.2, -0.15) is 13.2 Å². The normalized spacial score (nSPS) is 15.5. The number of halogens is 4. The molecule has 2 unspecified atom stereocenters. The number of anilines is 1. The zero-order valence-corrected chi connectivity index (χ0v) is 29.7. The number of carbonyl (C=O) groups excluding carboxylic acids is 3. The van der Waals surface area contributed by atoms with Gasteiger partial charge in [0.05, 0.1) is 17.8 Å². The lowest BCUT2D eigenvalue weighted by atomic mass is 9.97. The molecule has 1 fully saturated rings. The predicted octanol–water partition coefficient (Wildman–Crippen LogP) is 9.33. The van der Waals surface area contributed by atoms with Crippen LogP contribution >= 0.6 is 0 Å². The highest BCUT2D eigenvalue weighted by molar-refractivity contribution is 6.20. The van der Waals surface area contributed by atoms with Crippen LogP contribution in [0.2, 0.25) is 0 Å². The van der Waals surface area contributed by atoms with Crippen molar-refractivity contribution in [3.8, 4) is 0 Å². The number of carbonyl (C=O) groups is 3. The molecule has 1 aliphatic carbocycles. The number of hydrogen-bond donors (Lipinski definition) is 2. The average molecular weight is 700 g/mol. The molecule has 50 heavy (non-hydrogen) atoms. The first-order valence-corrected chi connectivity index (χ1v) is 17.0. The summed E-state index contributed by atoms with van der Waals surface area (Å²) in [5, 5.41) is 5.07. The first-order chi connectivity index (χ1) is 23.6. The third-order valence-corrected chi connectivity index (χ3v) is 7.31. The largest absolute Gasteiger partial charge is 0.460 e. The molecular formula is C39H49F4N3O4. The number of amides is 2. The minimum absolute atomic E-state index is 0.200. The average Bonchev–Trinajstić information content (AvgIpc) is 3.16. The van der Waals surface area contributed by atoms with Gasteiger partial charge in [0, 0.05) is 23.5 Å². The molecule has 2 amide bonds. The number of aliphatic imine (C=N–C) groups is 1. The van der Waals surface area contributed by atoms with Crippen molar-refractivity contribution < 1.29 is 36.7 Å². The number of ether oxygens (including phenoxy) is 1. The molecule has 11 heteroatoms. The van der Waals surface area contributed by atoms with E-state index in [2.05, 4.69) is 15.6 Å². The zero-order valence-electron chi connectivity index (χ0n) is 29.7. The minimum Gasteiger partial charge on any atom is -0.460 e. The summed E-state index contributed by atoms with van der Waals surface area (Å²) in [6.45, 7) is 10.5. The fourth-order valence-electron chi connectivity index (χ4n) is 4.58. The summed E-state index contributed by atoms with van der Waals surface area (Å²) in [7, 11) is 0. The van der Waals surface area contributed by atoms with Gasteiger partial charge < -0.3 is 15.4 Å². The maximum absolute atomic E-state index is 14.0. The van der Waals surface area contributed by atoms with Gasteiger partial charge in [-0.3, -0.25) is 14.4 Å². The van der Waals surface area contributed by atoms with Crippen LogP contribution in [-0.2, 0) is 19.1 Å². The van der Waals surface area contributed by atoms with Crippen molar-refractivity contribution in [2.75, 3.05) is 5.32 Å². The van der Waals surface area contributed by atoms with Crippen molar-refractivity contribution in [2.24, 2.45) is 10.9 Å². The molecule has 2 N–H and O–H groups in total. The Morgan fingerprint density at radius 1 is 0.920 bits per heavy atom. The second kappa shape index (κ2) is 20.2. The third kappa shape index (κ3) is 14.9. The van der Waals surface area contributed by atoms with Crippen LogP contribution in [0.1, 0.15) is 96.3 Å². The van der Waals surface area contributed by atoms with Crippen LogP contribution in [0.5, 0.6) is 0 Å². The summed E-state index contributed by atoms with van der Waals surface area (Å²) >= 11 is 0. The maximum Gasteiger partial charge on any atom is 0.389 e. The fraction of sp³-hybridized carbons (Fsp3) is 0.436. The molecule has 7 nitrogen and oxygen atoms in total. The number of aryl methyl sites for hydroxylation is 1. The lowest BCUT2D eigenvalue weighted by molar-refractivity contribution is -0.159. The zero-order chi connectivity index (χ0) is 37.3. The smallest absolute Gasteiger partial charge is 0.389 e. The Labute approximate surface area is 292 Å². The van der Waals surface area contributed by atoms with Gasteiger partial charge >= 0.3 is 12.1 Å². The highest BCUT2D eigenvalue weighted by atomic mass is 19.4. The van der Waals surface area contributed by atoms with Crippen LogP contribution in [0.3, 0.4) is 0 Å². The molecule has 0 saturated heterocycles. The van der Waals surface area contributed by atoms with Crippen molar-refractivity contribution in [1.29, 1.82) is 0 Å². The van der Waals surface area contributed by atoms with Crippen LogP contribution in [0.15, 0.2) is 83.9 Å². The quantitative estimate of drug-likeness (QED) is 0.190. The molecule has 0 aromatic heterocycles. The van der Waals surface area contributed by atoms with Crippen LogP contribution in [-0.4, -0.2) is 41.4 Å². The first-order valence-electron chi connectivity index (χ1n) is 17.0. The van der Waals surface area contributed by atoms with Gasteiger partial charge in [-0.25, -0.2) is 9.38 Å². The highest BCUT2D eigenvalue weighted by Crippen LogP contribution is 2.29. The van der Waals surface area contributed by atoms with Gasteiger partial charge in [0.2, 0.25) is 12.1 Å². The number of para-hydroxylation sites is 1. The molecule has 272 valence electrons. The van der Waals surface area contributed by atoms with E-state index < -0.39 is 66.7 Å². The van der Waals surface area contributed by atoms with Crippen LogP contribution in [0.25, 0.3) is 0 Å². The maximum atomic E-state index is 14.0. The summed E-state index contributed by atoms with van der Waals surface area (Å²) in [4.78, 5) is 42.9. The number of benzene rings is 3. The molecule has 0 spiro atoms. The summed E-state index contributed by atoms with van der Waals surface area (Å²) in [6.07, 6.45) is -2.74. The van der Waals surface area contributed by atoms with E-state index in [1.54, 1.807) is 52.0 Å². The Balaban J connectivity index is 0.000000608. The van der Waals surface area contributed by atoms with E-state index in [0.29, 0.717) is 22.4 Å². The molecule has 1 saturated carbocycles. The number of nitrogens with zero attached hydrogens (tertiary/aromatic N) is 1. The minimum atomic E-state index is -4.56. The summed E-state index contributed by atoms with van der Waals surface area (Å²) < 4.78 is 58.1. The van der Waals surface area contributed by atoms with Gasteiger partial charge in [0.25, 0.3) is 5.91 Å². The molecule has 1 aliphatic heterocycles. The topological polar surface area (TPSA) is 96.9 Å². The van der Waals surface area contributed by atoms with Crippen LogP contribution in [0, 0.1) is 18.7 Å². The van der Waals surface area contributed by atoms with Gasteiger partial charge in [-0.05, 0) is 51.8 Å². The van der Waals surface area contributed by atoms with Gasteiger partial charge in [-0.15, -0.1) is 0 Å². The van der Waals surface area contributed by atoms with Crippen LogP contribution in [0.4, 0.5) is 23.2 Å². The Bertz CT molecular complexity index is 1520. The van der Waals surface area contributed by atoms with E-state index in [-0.39, 0.29) is 5.71 Å². The van der Waals surface area contributed by atoms with E-state index in [4.69, 9.17) is 4.74 Å². The summed E-state index contributed by atoms with van der Waals surface area (Å²) in [5.74, 6) is -4.54. The molecule has 3 aromatic rings. The van der Waals surface area contributed by atoms with Gasteiger partial charge in [0.1, 0.15) is 11.4 Å². The van der Waals surface area contributed by atoms with E-state index in [0.717, 1.165) is 0 Å². The molecular weight excluding hydrogens is 650 g/mol.